The molecule has 46 heavy (non-hydrogen) atoms. The van der Waals surface area contributed by atoms with E-state index in [1.165, 1.54) is 4.90 Å². The lowest BCUT2D eigenvalue weighted by Gasteiger charge is -2.36. The Hall–Kier alpha value is -3.70. The number of amides is 1. The Labute approximate surface area is 264 Å². The van der Waals surface area contributed by atoms with Crippen LogP contribution in [0.15, 0.2) is 47.0 Å². The first kappa shape index (κ1) is 33.7. The summed E-state index contributed by atoms with van der Waals surface area (Å²) in [4.78, 5) is 19.4. The van der Waals surface area contributed by atoms with E-state index in [1.54, 1.807) is 14.0 Å². The summed E-state index contributed by atoms with van der Waals surface area (Å²) >= 11 is 0. The lowest BCUT2D eigenvalue weighted by Crippen LogP contribution is -2.35. The number of methoxy groups -OCH3 is 1. The SMILES string of the molecule is COc1ccc(C2=NC(C(C)C)CO2)cc1C1=C(CN2C(=O)O[C@H](c3cc(C(F)(F)F)cc(C(F)(F)F)c3)[C@@H]2C)CC(C)(C)CC1. The minimum absolute atomic E-state index is 0.0467. The molecule has 1 amide bonds. The minimum atomic E-state index is -5.02. The summed E-state index contributed by atoms with van der Waals surface area (Å²) in [5.41, 5.74) is 0.0615. The fraction of sp³-hybridized carbons (Fsp3) is 0.529. The summed E-state index contributed by atoms with van der Waals surface area (Å²) in [7, 11) is 1.57. The van der Waals surface area contributed by atoms with E-state index >= 15 is 0 Å². The number of alkyl halides is 6. The van der Waals surface area contributed by atoms with Crippen molar-refractivity contribution in [3.63, 3.8) is 0 Å². The highest BCUT2D eigenvalue weighted by molar-refractivity contribution is 5.96. The smallest absolute Gasteiger partial charge is 0.416 e. The maximum absolute atomic E-state index is 13.6. The van der Waals surface area contributed by atoms with Crippen molar-refractivity contribution in [2.75, 3.05) is 20.3 Å². The van der Waals surface area contributed by atoms with Gasteiger partial charge in [0.05, 0.1) is 30.3 Å². The molecule has 0 radical (unpaired) electrons. The molecule has 1 aliphatic carbocycles. The molecule has 250 valence electrons. The van der Waals surface area contributed by atoms with Crippen LogP contribution in [0.1, 0.15) is 87.8 Å². The molecule has 1 fully saturated rings. The zero-order valence-electron chi connectivity index (χ0n) is 26.6. The van der Waals surface area contributed by atoms with Gasteiger partial charge in [0.1, 0.15) is 18.5 Å². The Morgan fingerprint density at radius 2 is 1.70 bits per heavy atom. The number of rotatable bonds is 7. The average Bonchev–Trinajstić information content (AvgIpc) is 3.57. The summed E-state index contributed by atoms with van der Waals surface area (Å²) in [6.45, 7) is 10.5. The number of carbonyl (C=O) groups is 1. The highest BCUT2D eigenvalue weighted by Crippen LogP contribution is 2.47. The quantitative estimate of drug-likeness (QED) is 0.280. The average molecular weight is 653 g/mol. The van der Waals surface area contributed by atoms with Crippen molar-refractivity contribution in [2.45, 2.75) is 84.4 Å². The van der Waals surface area contributed by atoms with E-state index in [0.717, 1.165) is 28.7 Å². The van der Waals surface area contributed by atoms with Crippen LogP contribution in [-0.2, 0) is 21.8 Å². The predicted molar refractivity (Wildman–Crippen MR) is 160 cm³/mol. The van der Waals surface area contributed by atoms with Crippen molar-refractivity contribution >= 4 is 17.6 Å². The van der Waals surface area contributed by atoms with E-state index in [9.17, 15) is 31.1 Å². The minimum Gasteiger partial charge on any atom is -0.496 e. The Bertz CT molecular complexity index is 1530. The molecule has 0 spiro atoms. The summed E-state index contributed by atoms with van der Waals surface area (Å²) in [6.07, 6.45) is -10.1. The topological polar surface area (TPSA) is 60.4 Å². The first-order valence-corrected chi connectivity index (χ1v) is 15.2. The van der Waals surface area contributed by atoms with Gasteiger partial charge in [-0.2, -0.15) is 26.3 Å². The second-order valence-corrected chi connectivity index (χ2v) is 13.4. The molecule has 1 saturated heterocycles. The molecule has 5 rings (SSSR count). The molecule has 12 heteroatoms. The number of carbonyl (C=O) groups excluding carboxylic acids is 1. The van der Waals surface area contributed by atoms with Gasteiger partial charge in [0.2, 0.25) is 5.90 Å². The van der Waals surface area contributed by atoms with Crippen molar-refractivity contribution in [1.29, 1.82) is 0 Å². The molecule has 0 bridgehead atoms. The Balaban J connectivity index is 1.52. The summed E-state index contributed by atoms with van der Waals surface area (Å²) in [5.74, 6) is 1.47. The molecule has 2 heterocycles. The number of allylic oxidation sites excluding steroid dienone is 1. The molecule has 6 nitrogen and oxygen atoms in total. The highest BCUT2D eigenvalue weighted by Gasteiger charge is 2.44. The van der Waals surface area contributed by atoms with Gasteiger partial charge in [-0.1, -0.05) is 27.7 Å². The van der Waals surface area contributed by atoms with Crippen LogP contribution in [0.4, 0.5) is 31.1 Å². The third-order valence-corrected chi connectivity index (χ3v) is 9.08. The Morgan fingerprint density at radius 3 is 2.26 bits per heavy atom. The molecular weight excluding hydrogens is 614 g/mol. The third kappa shape index (κ3) is 6.85. The molecule has 2 aromatic rings. The van der Waals surface area contributed by atoms with Crippen LogP contribution >= 0.6 is 0 Å². The first-order chi connectivity index (χ1) is 21.4. The van der Waals surface area contributed by atoms with Crippen LogP contribution in [0, 0.1) is 11.3 Å². The first-order valence-electron chi connectivity index (χ1n) is 15.2. The fourth-order valence-corrected chi connectivity index (χ4v) is 6.36. The van der Waals surface area contributed by atoms with Gasteiger partial charge in [0.15, 0.2) is 0 Å². The number of halogens is 6. The Kier molecular flexibility index (Phi) is 8.89. The zero-order chi connectivity index (χ0) is 33.8. The lowest BCUT2D eigenvalue weighted by molar-refractivity contribution is -0.143. The van der Waals surface area contributed by atoms with Crippen molar-refractivity contribution in [1.82, 2.24) is 4.90 Å². The van der Waals surface area contributed by atoms with Gasteiger partial charge in [-0.05, 0) is 90.6 Å². The molecule has 2 aliphatic heterocycles. The number of ether oxygens (including phenoxy) is 3. The summed E-state index contributed by atoms with van der Waals surface area (Å²) in [6, 6.07) is 6.19. The maximum Gasteiger partial charge on any atom is 0.416 e. The van der Waals surface area contributed by atoms with Crippen LogP contribution < -0.4 is 4.74 Å². The lowest BCUT2D eigenvalue weighted by atomic mass is 9.72. The largest absolute Gasteiger partial charge is 0.496 e. The number of hydrogen-bond donors (Lipinski definition) is 0. The van der Waals surface area contributed by atoms with Crippen LogP contribution in [0.5, 0.6) is 5.75 Å². The zero-order valence-corrected chi connectivity index (χ0v) is 26.6. The van der Waals surface area contributed by atoms with Gasteiger partial charge in [0, 0.05) is 17.7 Å². The van der Waals surface area contributed by atoms with Crippen LogP contribution in [0.2, 0.25) is 0 Å². The van der Waals surface area contributed by atoms with Crippen molar-refractivity contribution in [3.05, 3.63) is 69.8 Å². The normalized spacial score (nSPS) is 23.5. The number of aliphatic imine (C=N–C) groups is 1. The predicted octanol–water partition coefficient (Wildman–Crippen LogP) is 9.08. The Morgan fingerprint density at radius 1 is 1.04 bits per heavy atom. The van der Waals surface area contributed by atoms with Crippen molar-refractivity contribution in [3.8, 4) is 5.75 Å². The molecular formula is C34H38F6N2O4. The van der Waals surface area contributed by atoms with Gasteiger partial charge in [-0.3, -0.25) is 4.90 Å². The van der Waals surface area contributed by atoms with E-state index < -0.39 is 41.7 Å². The number of nitrogens with zero attached hydrogens (tertiary/aromatic N) is 2. The van der Waals surface area contributed by atoms with Crippen molar-refractivity contribution < 1.29 is 45.3 Å². The summed E-state index contributed by atoms with van der Waals surface area (Å²) in [5, 5.41) is 0. The van der Waals surface area contributed by atoms with E-state index in [4.69, 9.17) is 19.2 Å². The molecule has 0 aromatic heterocycles. The summed E-state index contributed by atoms with van der Waals surface area (Å²) < 4.78 is 98.6. The third-order valence-electron chi connectivity index (χ3n) is 9.08. The van der Waals surface area contributed by atoms with Crippen LogP contribution in [0.25, 0.3) is 5.57 Å². The molecule has 0 N–H and O–H groups in total. The fourth-order valence-electron chi connectivity index (χ4n) is 6.36. The van der Waals surface area contributed by atoms with Gasteiger partial charge >= 0.3 is 18.4 Å². The maximum atomic E-state index is 13.6. The van der Waals surface area contributed by atoms with Gasteiger partial charge < -0.3 is 14.2 Å². The number of hydrogen-bond acceptors (Lipinski definition) is 5. The van der Waals surface area contributed by atoms with E-state index in [1.807, 2.05) is 18.2 Å². The van der Waals surface area contributed by atoms with E-state index in [2.05, 4.69) is 27.7 Å². The van der Waals surface area contributed by atoms with E-state index in [0.29, 0.717) is 49.1 Å². The monoisotopic (exact) mass is 652 g/mol. The molecule has 1 unspecified atom stereocenters. The van der Waals surface area contributed by atoms with Gasteiger partial charge in [-0.25, -0.2) is 9.79 Å². The second kappa shape index (κ2) is 12.2. The molecule has 0 saturated carbocycles. The van der Waals surface area contributed by atoms with Gasteiger partial charge in [-0.15, -0.1) is 0 Å². The van der Waals surface area contributed by atoms with Crippen molar-refractivity contribution in [2.24, 2.45) is 16.3 Å². The molecule has 3 atom stereocenters. The number of benzene rings is 2. The second-order valence-electron chi connectivity index (χ2n) is 13.4. The van der Waals surface area contributed by atoms with Crippen LogP contribution in [0.3, 0.4) is 0 Å². The van der Waals surface area contributed by atoms with Gasteiger partial charge in [0.25, 0.3) is 0 Å². The molecule has 3 aliphatic rings. The standard InChI is InChI=1S/C34H38F6N2O4/c1-18(2)27-17-45-30(41-27)20-7-8-28(44-6)26(13-20)25-9-10-32(4,5)15-22(25)16-42-19(3)29(46-31(42)43)21-11-23(33(35,36)37)14-24(12-21)34(38,39)40/h7-8,11-14,18-19,27,29H,9-10,15-17H2,1-6H3/t19-,27?,29-/m0/s1. The highest BCUT2D eigenvalue weighted by atomic mass is 19.4. The molecule has 2 aromatic carbocycles. The van der Waals surface area contributed by atoms with E-state index in [-0.39, 0.29) is 29.6 Å². The van der Waals surface area contributed by atoms with Crippen LogP contribution in [-0.4, -0.2) is 49.2 Å². The number of cyclic esters (lactones) is 1.